The zero-order chi connectivity index (χ0) is 8.55. The van der Waals surface area contributed by atoms with Crippen molar-refractivity contribution in [1.82, 2.24) is 15.0 Å². The first-order chi connectivity index (χ1) is 5.77. The molecular weight excluding hydrogens is 159 g/mol. The Kier molecular flexibility index (Phi) is 1.36. The molecule has 2 N–H and O–H groups in total. The van der Waals surface area contributed by atoms with E-state index in [1.165, 1.54) is 18.6 Å². The third-order valence-corrected chi connectivity index (χ3v) is 1.52. The predicted octanol–water partition coefficient (Wildman–Crippen LogP) is 0.746. The summed E-state index contributed by atoms with van der Waals surface area (Å²) in [4.78, 5) is 11.0. The van der Waals surface area contributed by atoms with E-state index in [4.69, 9.17) is 5.73 Å². The van der Waals surface area contributed by atoms with E-state index in [1.807, 2.05) is 0 Å². The Morgan fingerprint density at radius 3 is 2.92 bits per heavy atom. The maximum absolute atomic E-state index is 12.6. The first kappa shape index (κ1) is 6.90. The number of nitrogens with zero attached hydrogens (tertiary/aromatic N) is 3. The number of pyridine rings is 1. The van der Waals surface area contributed by atoms with Crippen molar-refractivity contribution in [2.45, 2.75) is 0 Å². The molecule has 0 atom stereocenters. The van der Waals surface area contributed by atoms with Crippen molar-refractivity contribution >= 4 is 16.7 Å². The van der Waals surface area contributed by atoms with Crippen molar-refractivity contribution in [2.24, 2.45) is 0 Å². The van der Waals surface area contributed by atoms with E-state index in [0.29, 0.717) is 10.9 Å². The van der Waals surface area contributed by atoms with Crippen LogP contribution in [0.1, 0.15) is 0 Å². The summed E-state index contributed by atoms with van der Waals surface area (Å²) in [6, 6.07) is 1.21. The lowest BCUT2D eigenvalue weighted by Crippen LogP contribution is -1.94. The Balaban J connectivity index is 2.88. The highest BCUT2D eigenvalue weighted by atomic mass is 19.1. The molecule has 0 saturated heterocycles. The van der Waals surface area contributed by atoms with E-state index < -0.39 is 5.95 Å². The number of aromatic nitrogens is 3. The maximum Gasteiger partial charge on any atom is 0.213 e. The van der Waals surface area contributed by atoms with Crippen molar-refractivity contribution in [1.29, 1.82) is 0 Å². The number of halogens is 1. The van der Waals surface area contributed by atoms with Crippen LogP contribution in [0, 0.1) is 5.95 Å². The fraction of sp³-hybridized carbons (Fsp3) is 0. The summed E-state index contributed by atoms with van der Waals surface area (Å²) in [5, 5.41) is 0.491. The molecule has 12 heavy (non-hydrogen) atoms. The summed E-state index contributed by atoms with van der Waals surface area (Å²) in [7, 11) is 0. The molecule has 2 rings (SSSR count). The third-order valence-electron chi connectivity index (χ3n) is 1.52. The molecule has 0 saturated carbocycles. The molecule has 0 aliphatic heterocycles. The summed E-state index contributed by atoms with van der Waals surface area (Å²) in [6.07, 6.45) is 2.64. The average molecular weight is 164 g/mol. The van der Waals surface area contributed by atoms with Crippen LogP contribution in [0.5, 0.6) is 0 Å². The standard InChI is InChI=1S/C7H5FN4/c8-6-1-4-5(2-10-6)11-3-12-7(4)9/h1-3H,(H2,9,11,12). The van der Waals surface area contributed by atoms with Crippen molar-refractivity contribution in [3.63, 3.8) is 0 Å². The lowest BCUT2D eigenvalue weighted by Gasteiger charge is -1.97. The van der Waals surface area contributed by atoms with Gasteiger partial charge >= 0.3 is 0 Å². The van der Waals surface area contributed by atoms with Gasteiger partial charge < -0.3 is 5.73 Å². The van der Waals surface area contributed by atoms with Gasteiger partial charge in [-0.1, -0.05) is 0 Å². The number of rotatable bonds is 0. The summed E-state index contributed by atoms with van der Waals surface area (Å²) < 4.78 is 12.6. The Bertz CT molecular complexity index is 429. The second-order valence-corrected chi connectivity index (χ2v) is 2.28. The minimum absolute atomic E-state index is 0.265. The second-order valence-electron chi connectivity index (χ2n) is 2.28. The summed E-state index contributed by atoms with van der Waals surface area (Å²) in [5.74, 6) is -0.315. The molecule has 2 aromatic heterocycles. The monoisotopic (exact) mass is 164 g/mol. The first-order valence-corrected chi connectivity index (χ1v) is 3.29. The predicted molar refractivity (Wildman–Crippen MR) is 41.7 cm³/mol. The van der Waals surface area contributed by atoms with Gasteiger partial charge in [-0.15, -0.1) is 0 Å². The SMILES string of the molecule is Nc1ncnc2cnc(F)cc12. The molecule has 0 radical (unpaired) electrons. The largest absolute Gasteiger partial charge is 0.383 e. The number of nitrogen functional groups attached to an aromatic ring is 1. The van der Waals surface area contributed by atoms with E-state index in [2.05, 4.69) is 15.0 Å². The molecule has 5 heteroatoms. The highest BCUT2D eigenvalue weighted by molar-refractivity contribution is 5.86. The zero-order valence-corrected chi connectivity index (χ0v) is 6.03. The molecule has 2 aromatic rings. The van der Waals surface area contributed by atoms with Gasteiger partial charge in [0.2, 0.25) is 5.95 Å². The molecule has 0 bridgehead atoms. The third kappa shape index (κ3) is 0.952. The lowest BCUT2D eigenvalue weighted by atomic mass is 10.3. The molecule has 2 heterocycles. The number of anilines is 1. The second kappa shape index (κ2) is 2.37. The topological polar surface area (TPSA) is 64.7 Å². The van der Waals surface area contributed by atoms with Crippen LogP contribution < -0.4 is 5.73 Å². The number of hydrogen-bond donors (Lipinski definition) is 1. The minimum Gasteiger partial charge on any atom is -0.383 e. The molecule has 0 aliphatic carbocycles. The van der Waals surface area contributed by atoms with Gasteiger partial charge in [0.05, 0.1) is 11.7 Å². The lowest BCUT2D eigenvalue weighted by molar-refractivity contribution is 0.586. The van der Waals surface area contributed by atoms with Gasteiger partial charge in [-0.25, -0.2) is 15.0 Å². The highest BCUT2D eigenvalue weighted by Crippen LogP contribution is 2.14. The van der Waals surface area contributed by atoms with Crippen LogP contribution in [0.4, 0.5) is 10.2 Å². The van der Waals surface area contributed by atoms with Gasteiger partial charge in [0.15, 0.2) is 0 Å². The molecule has 0 unspecified atom stereocenters. The first-order valence-electron chi connectivity index (χ1n) is 3.29. The minimum atomic E-state index is -0.580. The van der Waals surface area contributed by atoms with Crippen LogP contribution in [0.3, 0.4) is 0 Å². The van der Waals surface area contributed by atoms with E-state index >= 15 is 0 Å². The van der Waals surface area contributed by atoms with Crippen LogP contribution >= 0.6 is 0 Å². The number of nitrogens with two attached hydrogens (primary N) is 1. The smallest absolute Gasteiger partial charge is 0.213 e. The van der Waals surface area contributed by atoms with Crippen molar-refractivity contribution < 1.29 is 4.39 Å². The Hall–Kier alpha value is -1.78. The van der Waals surface area contributed by atoms with Crippen molar-refractivity contribution in [2.75, 3.05) is 5.73 Å². The number of hydrogen-bond acceptors (Lipinski definition) is 4. The number of fused-ring (bicyclic) bond motifs is 1. The summed E-state index contributed by atoms with van der Waals surface area (Å²) in [6.45, 7) is 0. The van der Waals surface area contributed by atoms with Crippen LogP contribution in [0.15, 0.2) is 18.6 Å². The molecule has 0 fully saturated rings. The van der Waals surface area contributed by atoms with Gasteiger partial charge in [-0.2, -0.15) is 4.39 Å². The molecule has 0 amide bonds. The normalized spacial score (nSPS) is 10.4. The quantitative estimate of drug-likeness (QED) is 0.583. The molecular formula is C7H5FN4. The van der Waals surface area contributed by atoms with Gasteiger partial charge in [0.25, 0.3) is 0 Å². The van der Waals surface area contributed by atoms with Gasteiger partial charge in [-0.3, -0.25) is 0 Å². The van der Waals surface area contributed by atoms with Crippen LogP contribution in [0.2, 0.25) is 0 Å². The molecule has 0 aromatic carbocycles. The van der Waals surface area contributed by atoms with Crippen LogP contribution in [-0.4, -0.2) is 15.0 Å². The van der Waals surface area contributed by atoms with E-state index in [1.54, 1.807) is 0 Å². The van der Waals surface area contributed by atoms with Gasteiger partial charge in [-0.05, 0) is 0 Å². The average Bonchev–Trinajstić information content (AvgIpc) is 2.07. The Labute approximate surface area is 67.3 Å². The maximum atomic E-state index is 12.6. The van der Waals surface area contributed by atoms with E-state index in [-0.39, 0.29) is 5.82 Å². The molecule has 60 valence electrons. The fourth-order valence-electron chi connectivity index (χ4n) is 0.954. The fourth-order valence-corrected chi connectivity index (χ4v) is 0.954. The summed E-state index contributed by atoms with van der Waals surface area (Å²) >= 11 is 0. The van der Waals surface area contributed by atoms with Gasteiger partial charge in [0, 0.05) is 11.5 Å². The Morgan fingerprint density at radius 2 is 2.08 bits per heavy atom. The molecule has 0 aliphatic rings. The van der Waals surface area contributed by atoms with Crippen molar-refractivity contribution in [3.8, 4) is 0 Å². The molecule has 4 nitrogen and oxygen atoms in total. The Morgan fingerprint density at radius 1 is 1.25 bits per heavy atom. The van der Waals surface area contributed by atoms with Gasteiger partial charge in [0.1, 0.15) is 12.1 Å². The zero-order valence-electron chi connectivity index (χ0n) is 6.03. The van der Waals surface area contributed by atoms with E-state index in [0.717, 1.165) is 0 Å². The highest BCUT2D eigenvalue weighted by Gasteiger charge is 2.01. The van der Waals surface area contributed by atoms with Crippen LogP contribution in [-0.2, 0) is 0 Å². The van der Waals surface area contributed by atoms with Crippen LogP contribution in [0.25, 0.3) is 10.9 Å². The van der Waals surface area contributed by atoms with E-state index in [9.17, 15) is 4.39 Å². The van der Waals surface area contributed by atoms with Crippen molar-refractivity contribution in [3.05, 3.63) is 24.5 Å². The summed E-state index contributed by atoms with van der Waals surface area (Å²) in [5.41, 5.74) is 6.02. The molecule has 0 spiro atoms.